The molecule has 0 bridgehead atoms. The van der Waals surface area contributed by atoms with E-state index in [0.29, 0.717) is 0 Å². The van der Waals surface area contributed by atoms with Crippen LogP contribution in [-0.2, 0) is 0 Å². The number of hydrogen-bond donors (Lipinski definition) is 2. The van der Waals surface area contributed by atoms with Crippen LogP contribution in [0, 0.1) is 11.2 Å². The first-order valence-electron chi connectivity index (χ1n) is 4.83. The second-order valence-electron chi connectivity index (χ2n) is 3.23. The highest BCUT2D eigenvalue weighted by Gasteiger charge is 2.12. The summed E-state index contributed by atoms with van der Waals surface area (Å²) in [4.78, 5) is 11.6. The number of carbonyl (C=O) groups is 1. The molecule has 1 heterocycles. The fourth-order valence-corrected chi connectivity index (χ4v) is 1.28. The zero-order valence-electron chi connectivity index (χ0n) is 8.72. The summed E-state index contributed by atoms with van der Waals surface area (Å²) in [5, 5.41) is 13.6. The van der Waals surface area contributed by atoms with Crippen molar-refractivity contribution in [1.82, 2.24) is 15.1 Å². The molecule has 0 saturated heterocycles. The Hall–Kier alpha value is -2.50. The number of rotatable bonds is 1. The van der Waals surface area contributed by atoms with E-state index in [-0.39, 0.29) is 11.5 Å². The van der Waals surface area contributed by atoms with Crippen LogP contribution in [0.4, 0.5) is 4.39 Å². The molecule has 2 N–H and O–H groups in total. The molecule has 0 aliphatic rings. The van der Waals surface area contributed by atoms with Gasteiger partial charge in [0.2, 0.25) is 5.96 Å². The van der Waals surface area contributed by atoms with Crippen LogP contribution >= 0.6 is 0 Å². The number of nitrogens with zero attached hydrogens (tertiary/aromatic N) is 2. The molecular formula is C11H9FN4O. The lowest BCUT2D eigenvalue weighted by Gasteiger charge is -2.06. The minimum absolute atomic E-state index is 0.107. The van der Waals surface area contributed by atoms with E-state index >= 15 is 0 Å². The van der Waals surface area contributed by atoms with Crippen LogP contribution in [-0.4, -0.2) is 21.6 Å². The van der Waals surface area contributed by atoms with Gasteiger partial charge < -0.3 is 0 Å². The Morgan fingerprint density at radius 2 is 2.12 bits per heavy atom. The van der Waals surface area contributed by atoms with E-state index in [9.17, 15) is 9.18 Å². The van der Waals surface area contributed by atoms with Crippen LogP contribution < -0.4 is 5.32 Å². The second-order valence-corrected chi connectivity index (χ2v) is 3.23. The molecule has 0 fully saturated rings. The minimum atomic E-state index is -0.677. The third-order valence-electron chi connectivity index (χ3n) is 2.08. The van der Waals surface area contributed by atoms with Gasteiger partial charge in [-0.3, -0.25) is 15.5 Å². The fraction of sp³-hybridized carbons (Fsp3) is 0. The van der Waals surface area contributed by atoms with Crippen LogP contribution in [0.3, 0.4) is 0 Å². The lowest BCUT2D eigenvalue weighted by atomic mass is 10.2. The lowest BCUT2D eigenvalue weighted by molar-refractivity contribution is 0.0971. The third kappa shape index (κ3) is 2.36. The number of carbonyl (C=O) groups excluding carboxylic acids is 1. The van der Waals surface area contributed by atoms with Crippen molar-refractivity contribution in [3.05, 3.63) is 54.1 Å². The number of aromatic nitrogens is 2. The second kappa shape index (κ2) is 4.56. The molecule has 1 aromatic carbocycles. The smallest absolute Gasteiger partial charge is 0.260 e. The molecule has 0 saturated carbocycles. The lowest BCUT2D eigenvalue weighted by Crippen LogP contribution is -2.35. The molecule has 0 unspecified atom stereocenters. The summed E-state index contributed by atoms with van der Waals surface area (Å²) >= 11 is 0. The molecule has 0 aliphatic carbocycles. The van der Waals surface area contributed by atoms with Gasteiger partial charge in [-0.2, -0.15) is 5.10 Å². The third-order valence-corrected chi connectivity index (χ3v) is 2.08. The molecule has 86 valence electrons. The van der Waals surface area contributed by atoms with Gasteiger partial charge in [0.25, 0.3) is 5.91 Å². The summed E-state index contributed by atoms with van der Waals surface area (Å²) in [5.74, 6) is -1.54. The van der Waals surface area contributed by atoms with Gasteiger partial charge in [0.05, 0.1) is 5.56 Å². The highest BCUT2D eigenvalue weighted by atomic mass is 19.1. The van der Waals surface area contributed by atoms with Crippen molar-refractivity contribution in [2.24, 2.45) is 0 Å². The average molecular weight is 232 g/mol. The largest absolute Gasteiger partial charge is 0.291 e. The summed E-state index contributed by atoms with van der Waals surface area (Å²) in [6.45, 7) is 0. The molecule has 5 nitrogen and oxygen atoms in total. The van der Waals surface area contributed by atoms with Crippen molar-refractivity contribution in [3.63, 3.8) is 0 Å². The van der Waals surface area contributed by atoms with E-state index in [0.717, 1.165) is 0 Å². The molecule has 2 aromatic rings. The molecule has 17 heavy (non-hydrogen) atoms. The van der Waals surface area contributed by atoms with Crippen molar-refractivity contribution in [3.8, 4) is 0 Å². The van der Waals surface area contributed by atoms with E-state index in [1.807, 2.05) is 0 Å². The molecular weight excluding hydrogens is 223 g/mol. The molecule has 1 aromatic heterocycles. The van der Waals surface area contributed by atoms with Gasteiger partial charge in [-0.25, -0.2) is 9.07 Å². The Morgan fingerprint density at radius 3 is 2.76 bits per heavy atom. The first kappa shape index (κ1) is 11.0. The highest BCUT2D eigenvalue weighted by Crippen LogP contribution is 2.05. The molecule has 1 amide bonds. The van der Waals surface area contributed by atoms with E-state index < -0.39 is 11.7 Å². The van der Waals surface area contributed by atoms with Crippen LogP contribution in [0.15, 0.2) is 42.7 Å². The van der Waals surface area contributed by atoms with Crippen LogP contribution in [0.5, 0.6) is 0 Å². The number of hydrogen-bond acceptors (Lipinski definition) is 3. The average Bonchev–Trinajstić information content (AvgIpc) is 2.82. The number of amides is 1. The summed E-state index contributed by atoms with van der Waals surface area (Å²) < 4.78 is 14.4. The molecule has 6 heteroatoms. The van der Waals surface area contributed by atoms with Gasteiger partial charge in [0.1, 0.15) is 5.82 Å². The first-order valence-corrected chi connectivity index (χ1v) is 4.83. The molecule has 0 atom stereocenters. The van der Waals surface area contributed by atoms with E-state index in [4.69, 9.17) is 5.41 Å². The fourth-order valence-electron chi connectivity index (χ4n) is 1.28. The van der Waals surface area contributed by atoms with Gasteiger partial charge in [-0.05, 0) is 18.2 Å². The zero-order chi connectivity index (χ0) is 12.3. The summed E-state index contributed by atoms with van der Waals surface area (Å²) in [6.07, 6.45) is 2.98. The van der Waals surface area contributed by atoms with E-state index in [1.54, 1.807) is 12.1 Å². The first-order chi connectivity index (χ1) is 8.18. The van der Waals surface area contributed by atoms with Gasteiger partial charge in [0.15, 0.2) is 0 Å². The van der Waals surface area contributed by atoms with E-state index in [2.05, 4.69) is 10.4 Å². The SMILES string of the molecule is N=C(NC(=O)c1ccccc1F)n1cccn1. The maximum atomic E-state index is 13.3. The normalized spacial score (nSPS) is 9.94. The van der Waals surface area contributed by atoms with E-state index in [1.165, 1.54) is 35.3 Å². The van der Waals surface area contributed by atoms with Crippen LogP contribution in [0.25, 0.3) is 0 Å². The Bertz CT molecular complexity index is 550. The monoisotopic (exact) mass is 232 g/mol. The topological polar surface area (TPSA) is 70.8 Å². The van der Waals surface area contributed by atoms with Gasteiger partial charge in [-0.1, -0.05) is 12.1 Å². The summed E-state index contributed by atoms with van der Waals surface area (Å²) in [7, 11) is 0. The molecule has 0 spiro atoms. The Kier molecular flexibility index (Phi) is 2.95. The van der Waals surface area contributed by atoms with Crippen LogP contribution in [0.1, 0.15) is 10.4 Å². The van der Waals surface area contributed by atoms with Gasteiger partial charge >= 0.3 is 0 Å². The molecule has 0 radical (unpaired) electrons. The summed E-state index contributed by atoms with van der Waals surface area (Å²) in [5.41, 5.74) is -0.107. The van der Waals surface area contributed by atoms with Crippen molar-refractivity contribution in [2.75, 3.05) is 0 Å². The maximum absolute atomic E-state index is 13.3. The number of benzene rings is 1. The van der Waals surface area contributed by atoms with Crippen LogP contribution in [0.2, 0.25) is 0 Å². The Morgan fingerprint density at radius 1 is 1.35 bits per heavy atom. The zero-order valence-corrected chi connectivity index (χ0v) is 8.72. The Balaban J connectivity index is 2.13. The number of nitrogens with one attached hydrogen (secondary N) is 2. The molecule has 0 aliphatic heterocycles. The predicted molar refractivity (Wildman–Crippen MR) is 59.2 cm³/mol. The van der Waals surface area contributed by atoms with Crippen molar-refractivity contribution in [1.29, 1.82) is 5.41 Å². The van der Waals surface area contributed by atoms with Crippen molar-refractivity contribution < 1.29 is 9.18 Å². The van der Waals surface area contributed by atoms with Gasteiger partial charge in [0, 0.05) is 12.4 Å². The van der Waals surface area contributed by atoms with Crippen molar-refractivity contribution >= 4 is 11.9 Å². The quantitative estimate of drug-likeness (QED) is 0.573. The maximum Gasteiger partial charge on any atom is 0.260 e. The minimum Gasteiger partial charge on any atom is -0.291 e. The highest BCUT2D eigenvalue weighted by molar-refractivity contribution is 6.05. The summed E-state index contributed by atoms with van der Waals surface area (Å²) in [6, 6.07) is 7.19. The van der Waals surface area contributed by atoms with Crippen molar-refractivity contribution in [2.45, 2.75) is 0 Å². The molecule has 2 rings (SSSR count). The number of halogens is 1. The predicted octanol–water partition coefficient (Wildman–Crippen LogP) is 1.24. The van der Waals surface area contributed by atoms with Gasteiger partial charge in [-0.15, -0.1) is 0 Å². The standard InChI is InChI=1S/C11H9FN4O/c12-9-5-2-1-4-8(9)10(17)15-11(13)16-7-3-6-14-16/h1-7H,(H2,13,15,17). The Labute approximate surface area is 96.4 Å².